The first-order valence-corrected chi connectivity index (χ1v) is 14.5. The summed E-state index contributed by atoms with van der Waals surface area (Å²) in [7, 11) is -3.15. The van der Waals surface area contributed by atoms with Crippen LogP contribution in [0.3, 0.4) is 0 Å². The van der Waals surface area contributed by atoms with Crippen LogP contribution in [0, 0.1) is 0 Å². The van der Waals surface area contributed by atoms with Crippen molar-refractivity contribution in [2.24, 2.45) is 0 Å². The molecule has 0 saturated carbocycles. The predicted molar refractivity (Wildman–Crippen MR) is 152 cm³/mol. The van der Waals surface area contributed by atoms with E-state index in [1.54, 1.807) is 0 Å². The number of benzene rings is 5. The van der Waals surface area contributed by atoms with Gasteiger partial charge in [0.2, 0.25) is 0 Å². The largest absolute Gasteiger partial charge is 0.313 e. The highest BCUT2D eigenvalue weighted by Crippen LogP contribution is 2.61. The number of aryl methyl sites for hydroxylation is 2. The Hall–Kier alpha value is -3.67. The molecule has 0 radical (unpaired) electrons. The Balaban J connectivity index is 1.70. The minimum atomic E-state index is -3.15. The second-order valence-electron chi connectivity index (χ2n) is 9.57. The Morgan fingerprint density at radius 1 is 0.556 bits per heavy atom. The van der Waals surface area contributed by atoms with Gasteiger partial charge in [-0.05, 0) is 52.6 Å². The molecule has 0 amide bonds. The summed E-state index contributed by atoms with van der Waals surface area (Å²) in [4.78, 5) is 0. The van der Waals surface area contributed by atoms with E-state index in [9.17, 15) is 0 Å². The lowest BCUT2D eigenvalue weighted by Crippen LogP contribution is -2.22. The van der Waals surface area contributed by atoms with Crippen molar-refractivity contribution in [1.82, 2.24) is 0 Å². The molecule has 5 aromatic carbocycles. The lowest BCUT2D eigenvalue weighted by Gasteiger charge is -2.32. The minimum absolute atomic E-state index is 0.301. The Kier molecular flexibility index (Phi) is 6.18. The van der Waals surface area contributed by atoms with Crippen LogP contribution in [-0.4, -0.2) is 0 Å². The first kappa shape index (κ1) is 22.8. The topological polar surface area (TPSA) is 17.1 Å². The van der Waals surface area contributed by atoms with E-state index < -0.39 is 7.14 Å². The number of hydrogen-bond donors (Lipinski definition) is 0. The Morgan fingerprint density at radius 2 is 1.03 bits per heavy atom. The van der Waals surface area contributed by atoms with Crippen LogP contribution >= 0.6 is 7.14 Å². The molecule has 0 bridgehead atoms. The van der Waals surface area contributed by atoms with Gasteiger partial charge in [0.15, 0.2) is 7.14 Å². The number of hydrogen-bond acceptors (Lipinski definition) is 1. The van der Waals surface area contributed by atoms with E-state index in [2.05, 4.69) is 66.7 Å². The first-order valence-electron chi connectivity index (χ1n) is 12.7. The molecule has 0 aliphatic heterocycles. The molecule has 1 aliphatic carbocycles. The average Bonchev–Trinajstić information content (AvgIpc) is 3.42. The predicted octanol–water partition coefficient (Wildman–Crippen LogP) is 7.95. The first-order chi connectivity index (χ1) is 17.7. The van der Waals surface area contributed by atoms with Crippen LogP contribution in [0.4, 0.5) is 0 Å². The summed E-state index contributed by atoms with van der Waals surface area (Å²) in [5.74, 6) is 0. The van der Waals surface area contributed by atoms with Gasteiger partial charge in [-0.1, -0.05) is 133 Å². The van der Waals surface area contributed by atoms with Crippen LogP contribution < -0.4 is 10.6 Å². The van der Waals surface area contributed by atoms with E-state index in [-0.39, 0.29) is 5.66 Å². The minimum Gasteiger partial charge on any atom is -0.313 e. The van der Waals surface area contributed by atoms with Crippen molar-refractivity contribution >= 4 is 17.8 Å². The maximum Gasteiger partial charge on any atom is 0.154 e. The van der Waals surface area contributed by atoms with E-state index in [0.717, 1.165) is 34.6 Å². The molecule has 0 heterocycles. The van der Waals surface area contributed by atoms with Gasteiger partial charge in [0, 0.05) is 10.6 Å². The Labute approximate surface area is 213 Å². The zero-order chi connectivity index (χ0) is 24.4. The molecule has 1 atom stereocenters. The molecule has 2 heteroatoms. The van der Waals surface area contributed by atoms with E-state index >= 15 is 4.57 Å². The maximum absolute atomic E-state index is 15.8. The molecule has 0 saturated heterocycles. The van der Waals surface area contributed by atoms with Gasteiger partial charge in [-0.25, -0.2) is 0 Å². The lowest BCUT2D eigenvalue weighted by molar-refractivity contribution is 0.582. The highest BCUT2D eigenvalue weighted by molar-refractivity contribution is 7.79. The van der Waals surface area contributed by atoms with Crippen molar-refractivity contribution in [3.63, 3.8) is 0 Å². The Bertz CT molecular complexity index is 1470. The maximum atomic E-state index is 15.8. The SMILES string of the molecule is O=P(c1ccccc1)(c1ccccc1)C(c1ccccc1)c1cc2c(cc1-c1ccccc1)CCC2. The van der Waals surface area contributed by atoms with Crippen LogP contribution in [0.5, 0.6) is 0 Å². The average molecular weight is 485 g/mol. The molecule has 0 spiro atoms. The second kappa shape index (κ2) is 9.76. The quantitative estimate of drug-likeness (QED) is 0.224. The molecule has 1 aliphatic rings. The van der Waals surface area contributed by atoms with Crippen LogP contribution in [0.2, 0.25) is 0 Å². The molecule has 0 fully saturated rings. The fourth-order valence-corrected chi connectivity index (χ4v) is 9.03. The zero-order valence-electron chi connectivity index (χ0n) is 20.3. The highest BCUT2D eigenvalue weighted by Gasteiger charge is 2.40. The summed E-state index contributed by atoms with van der Waals surface area (Å²) in [6.07, 6.45) is 3.37. The molecule has 5 aromatic rings. The molecular formula is C34H29OP. The summed E-state index contributed by atoms with van der Waals surface area (Å²) >= 11 is 0. The summed E-state index contributed by atoms with van der Waals surface area (Å²) in [5, 5.41) is 1.79. The smallest absolute Gasteiger partial charge is 0.154 e. The fourth-order valence-electron chi connectivity index (χ4n) is 5.70. The summed E-state index contributed by atoms with van der Waals surface area (Å²) < 4.78 is 15.8. The molecule has 1 unspecified atom stereocenters. The van der Waals surface area contributed by atoms with E-state index in [1.807, 2.05) is 66.7 Å². The van der Waals surface area contributed by atoms with Crippen molar-refractivity contribution < 1.29 is 4.57 Å². The van der Waals surface area contributed by atoms with E-state index in [0.29, 0.717) is 0 Å². The van der Waals surface area contributed by atoms with Crippen molar-refractivity contribution in [3.05, 3.63) is 156 Å². The highest BCUT2D eigenvalue weighted by atomic mass is 31.2. The lowest BCUT2D eigenvalue weighted by atomic mass is 9.91. The number of rotatable bonds is 6. The fraction of sp³-hybridized carbons (Fsp3) is 0.118. The van der Waals surface area contributed by atoms with Gasteiger partial charge in [0.25, 0.3) is 0 Å². The third-order valence-corrected chi connectivity index (χ3v) is 10.8. The summed E-state index contributed by atoms with van der Waals surface area (Å²) in [5.41, 5.74) is 7.14. The molecular weight excluding hydrogens is 455 g/mol. The molecule has 0 N–H and O–H groups in total. The van der Waals surface area contributed by atoms with Gasteiger partial charge in [-0.15, -0.1) is 0 Å². The number of fused-ring (bicyclic) bond motifs is 1. The van der Waals surface area contributed by atoms with Crippen molar-refractivity contribution in [1.29, 1.82) is 0 Å². The summed E-state index contributed by atoms with van der Waals surface area (Å²) in [6, 6.07) is 46.0. The monoisotopic (exact) mass is 484 g/mol. The molecule has 1 nitrogen and oxygen atoms in total. The normalized spacial score (nSPS) is 13.8. The Morgan fingerprint density at radius 3 is 1.58 bits per heavy atom. The summed E-state index contributed by atoms with van der Waals surface area (Å²) in [6.45, 7) is 0. The van der Waals surface area contributed by atoms with Gasteiger partial charge in [0.1, 0.15) is 0 Å². The van der Waals surface area contributed by atoms with Crippen LogP contribution in [0.25, 0.3) is 11.1 Å². The standard InChI is InChI=1S/C34H29OP/c35-36(30-20-9-3-10-21-30,31-22-11-4-12-23-31)34(27-16-7-2-8-17-27)33-25-29-19-13-18-28(29)24-32(33)26-14-5-1-6-15-26/h1-12,14-17,20-25,34H,13,18-19H2. The van der Waals surface area contributed by atoms with Gasteiger partial charge >= 0.3 is 0 Å². The zero-order valence-corrected chi connectivity index (χ0v) is 21.2. The van der Waals surface area contributed by atoms with Gasteiger partial charge in [-0.3, -0.25) is 0 Å². The van der Waals surface area contributed by atoms with Crippen molar-refractivity contribution in [2.45, 2.75) is 24.9 Å². The van der Waals surface area contributed by atoms with Crippen molar-refractivity contribution in [2.75, 3.05) is 0 Å². The molecule has 0 aromatic heterocycles. The molecule has 176 valence electrons. The second-order valence-corrected chi connectivity index (χ2v) is 12.4. The van der Waals surface area contributed by atoms with E-state index in [1.165, 1.54) is 28.7 Å². The molecule has 6 rings (SSSR count). The van der Waals surface area contributed by atoms with Crippen molar-refractivity contribution in [3.8, 4) is 11.1 Å². The van der Waals surface area contributed by atoms with Crippen LogP contribution in [0.1, 0.15) is 34.3 Å². The van der Waals surface area contributed by atoms with Crippen LogP contribution in [-0.2, 0) is 17.4 Å². The molecule has 36 heavy (non-hydrogen) atoms. The van der Waals surface area contributed by atoms with E-state index in [4.69, 9.17) is 0 Å². The van der Waals surface area contributed by atoms with Gasteiger partial charge in [-0.2, -0.15) is 0 Å². The van der Waals surface area contributed by atoms with Gasteiger partial charge in [0.05, 0.1) is 5.66 Å². The third-order valence-electron chi connectivity index (χ3n) is 7.40. The third kappa shape index (κ3) is 4.04. The van der Waals surface area contributed by atoms with Crippen LogP contribution in [0.15, 0.2) is 133 Å². The van der Waals surface area contributed by atoms with Gasteiger partial charge < -0.3 is 4.57 Å².